The number of hydrogen-bond acceptors (Lipinski definition) is 0. The van der Waals surface area contributed by atoms with Gasteiger partial charge in [-0.05, 0) is 38.0 Å². The van der Waals surface area contributed by atoms with Crippen LogP contribution in [0.25, 0.3) is 0 Å². The lowest BCUT2D eigenvalue weighted by atomic mass is 9.81. The van der Waals surface area contributed by atoms with Gasteiger partial charge in [0.15, 0.2) is 0 Å². The van der Waals surface area contributed by atoms with Crippen molar-refractivity contribution in [3.8, 4) is 0 Å². The van der Waals surface area contributed by atoms with Crippen molar-refractivity contribution in [3.05, 3.63) is 23.8 Å². The molecule has 0 spiro atoms. The highest BCUT2D eigenvalue weighted by Gasteiger charge is 2.17. The standard InChI is InChI=1S/C14H24/c1-4-7-13-10-9-12(6-3)11-14(13)8-5-2/h6,12H,3-5,7-11H2,1-2H3. The van der Waals surface area contributed by atoms with Crippen LogP contribution in [0.2, 0.25) is 0 Å². The van der Waals surface area contributed by atoms with Crippen molar-refractivity contribution in [1.29, 1.82) is 0 Å². The SMILES string of the molecule is C=CC1CCC(CCC)=C(CCC)C1. The summed E-state index contributed by atoms with van der Waals surface area (Å²) in [5.41, 5.74) is 3.53. The molecule has 0 N–H and O–H groups in total. The van der Waals surface area contributed by atoms with Crippen molar-refractivity contribution < 1.29 is 0 Å². The zero-order valence-corrected chi connectivity index (χ0v) is 9.81. The van der Waals surface area contributed by atoms with Gasteiger partial charge in [-0.3, -0.25) is 0 Å². The van der Waals surface area contributed by atoms with Crippen LogP contribution in [0.5, 0.6) is 0 Å². The van der Waals surface area contributed by atoms with Crippen molar-refractivity contribution in [2.45, 2.75) is 58.8 Å². The average Bonchev–Trinajstić information content (AvgIpc) is 2.21. The Morgan fingerprint density at radius 3 is 2.43 bits per heavy atom. The molecule has 0 saturated carbocycles. The Morgan fingerprint density at radius 2 is 1.86 bits per heavy atom. The summed E-state index contributed by atoms with van der Waals surface area (Å²) in [5.74, 6) is 0.761. The molecule has 0 aliphatic heterocycles. The molecule has 0 amide bonds. The largest absolute Gasteiger partial charge is 0.103 e. The number of allylic oxidation sites excluding steroid dienone is 3. The third-order valence-corrected chi connectivity index (χ3v) is 3.26. The van der Waals surface area contributed by atoms with Gasteiger partial charge >= 0.3 is 0 Å². The van der Waals surface area contributed by atoms with E-state index in [1.807, 2.05) is 0 Å². The first-order valence-corrected chi connectivity index (χ1v) is 6.14. The van der Waals surface area contributed by atoms with E-state index in [1.165, 1.54) is 44.9 Å². The van der Waals surface area contributed by atoms with E-state index < -0.39 is 0 Å². The lowest BCUT2D eigenvalue weighted by Crippen LogP contribution is -2.08. The van der Waals surface area contributed by atoms with Gasteiger partial charge in [0.25, 0.3) is 0 Å². The minimum absolute atomic E-state index is 0.761. The summed E-state index contributed by atoms with van der Waals surface area (Å²) < 4.78 is 0. The van der Waals surface area contributed by atoms with Gasteiger partial charge in [-0.25, -0.2) is 0 Å². The molecule has 1 aliphatic rings. The van der Waals surface area contributed by atoms with E-state index in [2.05, 4.69) is 26.5 Å². The molecule has 0 nitrogen and oxygen atoms in total. The van der Waals surface area contributed by atoms with Gasteiger partial charge in [0, 0.05) is 0 Å². The van der Waals surface area contributed by atoms with Crippen LogP contribution < -0.4 is 0 Å². The predicted octanol–water partition coefficient (Wildman–Crippen LogP) is 4.87. The van der Waals surface area contributed by atoms with Gasteiger partial charge in [0.05, 0.1) is 0 Å². The summed E-state index contributed by atoms with van der Waals surface area (Å²) in [7, 11) is 0. The van der Waals surface area contributed by atoms with Crippen LogP contribution in [0.4, 0.5) is 0 Å². The minimum Gasteiger partial charge on any atom is -0.103 e. The first kappa shape index (κ1) is 11.6. The summed E-state index contributed by atoms with van der Waals surface area (Å²) in [4.78, 5) is 0. The molecular weight excluding hydrogens is 168 g/mol. The normalized spacial score (nSPS) is 22.6. The highest BCUT2D eigenvalue weighted by atomic mass is 14.2. The maximum absolute atomic E-state index is 3.93. The Hall–Kier alpha value is -0.520. The zero-order chi connectivity index (χ0) is 10.4. The molecule has 1 unspecified atom stereocenters. The Morgan fingerprint density at radius 1 is 1.21 bits per heavy atom. The second-order valence-corrected chi connectivity index (χ2v) is 4.45. The molecule has 1 rings (SSSR count). The van der Waals surface area contributed by atoms with E-state index in [-0.39, 0.29) is 0 Å². The summed E-state index contributed by atoms with van der Waals surface area (Å²) in [6.45, 7) is 8.50. The van der Waals surface area contributed by atoms with E-state index >= 15 is 0 Å². The van der Waals surface area contributed by atoms with Crippen LogP contribution in [-0.2, 0) is 0 Å². The zero-order valence-electron chi connectivity index (χ0n) is 9.81. The molecule has 0 saturated heterocycles. The monoisotopic (exact) mass is 192 g/mol. The van der Waals surface area contributed by atoms with Crippen molar-refractivity contribution in [2.24, 2.45) is 5.92 Å². The van der Waals surface area contributed by atoms with Crippen molar-refractivity contribution in [1.82, 2.24) is 0 Å². The fourth-order valence-electron chi connectivity index (χ4n) is 2.48. The maximum Gasteiger partial charge on any atom is -0.0196 e. The van der Waals surface area contributed by atoms with Gasteiger partial charge in [-0.1, -0.05) is 43.9 Å². The quantitative estimate of drug-likeness (QED) is 0.545. The molecule has 14 heavy (non-hydrogen) atoms. The van der Waals surface area contributed by atoms with Crippen molar-refractivity contribution in [2.75, 3.05) is 0 Å². The van der Waals surface area contributed by atoms with Crippen LogP contribution in [0, 0.1) is 5.92 Å². The lowest BCUT2D eigenvalue weighted by molar-refractivity contribution is 0.519. The molecule has 80 valence electrons. The molecule has 0 radical (unpaired) electrons. The lowest BCUT2D eigenvalue weighted by Gasteiger charge is -2.25. The summed E-state index contributed by atoms with van der Waals surface area (Å²) in [6, 6.07) is 0. The minimum atomic E-state index is 0.761. The summed E-state index contributed by atoms with van der Waals surface area (Å²) in [6.07, 6.45) is 11.4. The molecule has 0 fully saturated rings. The molecule has 0 aromatic heterocycles. The maximum atomic E-state index is 3.93. The van der Waals surface area contributed by atoms with Crippen molar-refractivity contribution in [3.63, 3.8) is 0 Å². The first-order valence-electron chi connectivity index (χ1n) is 6.14. The van der Waals surface area contributed by atoms with Gasteiger partial charge < -0.3 is 0 Å². The number of hydrogen-bond donors (Lipinski definition) is 0. The Balaban J connectivity index is 2.66. The molecular formula is C14H24. The van der Waals surface area contributed by atoms with Gasteiger partial charge in [-0.2, -0.15) is 0 Å². The second-order valence-electron chi connectivity index (χ2n) is 4.45. The van der Waals surface area contributed by atoms with Gasteiger partial charge in [-0.15, -0.1) is 6.58 Å². The summed E-state index contributed by atoms with van der Waals surface area (Å²) in [5, 5.41) is 0. The molecule has 0 aromatic rings. The fraction of sp³-hybridized carbons (Fsp3) is 0.714. The van der Waals surface area contributed by atoms with Gasteiger partial charge in [0.2, 0.25) is 0 Å². The van der Waals surface area contributed by atoms with E-state index in [9.17, 15) is 0 Å². The van der Waals surface area contributed by atoms with Crippen LogP contribution in [0.1, 0.15) is 58.8 Å². The average molecular weight is 192 g/mol. The third-order valence-electron chi connectivity index (χ3n) is 3.26. The van der Waals surface area contributed by atoms with Crippen LogP contribution in [0.15, 0.2) is 23.8 Å². The molecule has 1 atom stereocenters. The van der Waals surface area contributed by atoms with Crippen LogP contribution >= 0.6 is 0 Å². The molecule has 0 bridgehead atoms. The Kier molecular flexibility index (Phi) is 5.00. The highest BCUT2D eigenvalue weighted by Crippen LogP contribution is 2.34. The van der Waals surface area contributed by atoms with E-state index in [4.69, 9.17) is 0 Å². The van der Waals surface area contributed by atoms with Crippen LogP contribution in [0.3, 0.4) is 0 Å². The topological polar surface area (TPSA) is 0 Å². The molecule has 1 aliphatic carbocycles. The summed E-state index contributed by atoms with van der Waals surface area (Å²) >= 11 is 0. The highest BCUT2D eigenvalue weighted by molar-refractivity contribution is 5.19. The first-order chi connectivity index (χ1) is 6.81. The fourth-order valence-corrected chi connectivity index (χ4v) is 2.48. The second kappa shape index (κ2) is 6.06. The van der Waals surface area contributed by atoms with Crippen LogP contribution in [-0.4, -0.2) is 0 Å². The number of rotatable bonds is 5. The molecule has 0 heterocycles. The van der Waals surface area contributed by atoms with Gasteiger partial charge in [0.1, 0.15) is 0 Å². The Bertz CT molecular complexity index is 210. The third kappa shape index (κ3) is 3.01. The van der Waals surface area contributed by atoms with E-state index in [0.29, 0.717) is 0 Å². The van der Waals surface area contributed by atoms with Crippen molar-refractivity contribution >= 4 is 0 Å². The van der Waals surface area contributed by atoms with E-state index in [0.717, 1.165) is 5.92 Å². The predicted molar refractivity (Wildman–Crippen MR) is 64.4 cm³/mol. The van der Waals surface area contributed by atoms with E-state index in [1.54, 1.807) is 11.1 Å². The molecule has 0 heteroatoms. The Labute approximate surface area is 89.1 Å². The smallest absolute Gasteiger partial charge is 0.0196 e. The molecule has 0 aromatic carbocycles.